The largest absolute Gasteiger partial charge is 0.353 e. The van der Waals surface area contributed by atoms with E-state index in [1.54, 1.807) is 24.5 Å². The van der Waals surface area contributed by atoms with Gasteiger partial charge in [0.1, 0.15) is 11.5 Å². The van der Waals surface area contributed by atoms with Crippen LogP contribution in [0.5, 0.6) is 0 Å². The molecule has 0 aliphatic heterocycles. The summed E-state index contributed by atoms with van der Waals surface area (Å²) in [5, 5.41) is 9.56. The first-order chi connectivity index (χ1) is 15.3. The molecule has 0 saturated heterocycles. The predicted molar refractivity (Wildman–Crippen MR) is 120 cm³/mol. The van der Waals surface area contributed by atoms with Crippen molar-refractivity contribution in [2.24, 2.45) is 0 Å². The number of aromatic nitrogens is 5. The Balaban J connectivity index is 1.52. The Bertz CT molecular complexity index is 1550. The van der Waals surface area contributed by atoms with Gasteiger partial charge in [-0.1, -0.05) is 30.3 Å². The van der Waals surface area contributed by atoms with Crippen LogP contribution in [-0.2, 0) is 0 Å². The second-order valence-electron chi connectivity index (χ2n) is 7.36. The zero-order chi connectivity index (χ0) is 20.8. The summed E-state index contributed by atoms with van der Waals surface area (Å²) in [4.78, 5) is 12.4. The highest BCUT2D eigenvalue weighted by molar-refractivity contribution is 6.01. The third-order valence-corrected chi connectivity index (χ3v) is 5.43. The van der Waals surface area contributed by atoms with Gasteiger partial charge in [-0.2, -0.15) is 5.10 Å². The topological polar surface area (TPSA) is 70.2 Å². The van der Waals surface area contributed by atoms with Crippen LogP contribution in [0, 0.1) is 5.82 Å². The molecule has 6 heteroatoms. The Morgan fingerprint density at radius 3 is 2.55 bits per heavy atom. The van der Waals surface area contributed by atoms with Crippen molar-refractivity contribution in [3.05, 3.63) is 91.0 Å². The Morgan fingerprint density at radius 2 is 1.68 bits per heavy atom. The summed E-state index contributed by atoms with van der Waals surface area (Å²) in [6, 6.07) is 22.4. The summed E-state index contributed by atoms with van der Waals surface area (Å²) in [5.74, 6) is -0.252. The Hall–Kier alpha value is -4.32. The van der Waals surface area contributed by atoms with Gasteiger partial charge >= 0.3 is 0 Å². The molecule has 5 nitrogen and oxygen atoms in total. The van der Waals surface area contributed by atoms with Crippen molar-refractivity contribution in [1.29, 1.82) is 0 Å². The molecular formula is C25H16FN5. The predicted octanol–water partition coefficient (Wildman–Crippen LogP) is 5.97. The molecule has 0 atom stereocenters. The first kappa shape index (κ1) is 17.5. The second-order valence-corrected chi connectivity index (χ2v) is 7.36. The molecule has 0 aliphatic carbocycles. The number of rotatable bonds is 3. The van der Waals surface area contributed by atoms with Crippen molar-refractivity contribution < 1.29 is 4.39 Å². The molecule has 0 bridgehead atoms. The van der Waals surface area contributed by atoms with E-state index in [9.17, 15) is 4.39 Å². The van der Waals surface area contributed by atoms with E-state index < -0.39 is 0 Å². The van der Waals surface area contributed by atoms with Crippen molar-refractivity contribution in [2.45, 2.75) is 0 Å². The molecule has 0 unspecified atom stereocenters. The smallest absolute Gasteiger partial charge is 0.123 e. The Labute approximate surface area is 176 Å². The number of halogens is 1. The Morgan fingerprint density at radius 1 is 0.742 bits per heavy atom. The van der Waals surface area contributed by atoms with Gasteiger partial charge in [-0.3, -0.25) is 15.1 Å². The fourth-order valence-corrected chi connectivity index (χ4v) is 3.97. The van der Waals surface area contributed by atoms with Crippen LogP contribution in [0.25, 0.3) is 55.7 Å². The SMILES string of the molecule is Fc1cccc(-c2cccc3[nH]c(-c4n[nH]c5cnc(-c6ccccn6)cc45)cc23)c1. The molecule has 6 rings (SSSR count). The first-order valence-corrected chi connectivity index (χ1v) is 9.90. The molecule has 6 aromatic rings. The highest BCUT2D eigenvalue weighted by Crippen LogP contribution is 2.34. The summed E-state index contributed by atoms with van der Waals surface area (Å²) in [6.07, 6.45) is 3.53. The van der Waals surface area contributed by atoms with Gasteiger partial charge in [0.25, 0.3) is 0 Å². The van der Waals surface area contributed by atoms with Gasteiger partial charge in [0.2, 0.25) is 0 Å². The molecule has 0 fully saturated rings. The standard InChI is InChI=1S/C25H16FN5/c26-16-6-3-5-15(11-16)17-7-4-9-20-18(17)12-23(29-20)25-19-13-22(21-8-1-2-10-27-21)28-14-24(19)30-31-25/h1-14,29H,(H,30,31). The molecule has 0 aliphatic rings. The van der Waals surface area contributed by atoms with Gasteiger partial charge in [-0.25, -0.2) is 4.39 Å². The number of H-pyrrole nitrogens is 2. The fourth-order valence-electron chi connectivity index (χ4n) is 3.97. The van der Waals surface area contributed by atoms with Crippen molar-refractivity contribution in [3.8, 4) is 33.9 Å². The number of nitrogens with zero attached hydrogens (tertiary/aromatic N) is 3. The van der Waals surface area contributed by atoms with Gasteiger partial charge in [0, 0.05) is 22.5 Å². The highest BCUT2D eigenvalue weighted by Gasteiger charge is 2.15. The third kappa shape index (κ3) is 2.97. The minimum Gasteiger partial charge on any atom is -0.353 e. The van der Waals surface area contributed by atoms with E-state index in [4.69, 9.17) is 0 Å². The number of aromatic amines is 2. The third-order valence-electron chi connectivity index (χ3n) is 5.43. The van der Waals surface area contributed by atoms with E-state index in [0.717, 1.165) is 55.7 Å². The molecule has 148 valence electrons. The minimum atomic E-state index is -0.252. The van der Waals surface area contributed by atoms with Crippen LogP contribution in [0.1, 0.15) is 0 Å². The minimum absolute atomic E-state index is 0.252. The van der Waals surface area contributed by atoms with Gasteiger partial charge < -0.3 is 4.98 Å². The number of nitrogens with one attached hydrogen (secondary N) is 2. The molecule has 2 aromatic carbocycles. The van der Waals surface area contributed by atoms with Crippen LogP contribution in [0.15, 0.2) is 85.2 Å². The van der Waals surface area contributed by atoms with Gasteiger partial charge in [-0.15, -0.1) is 0 Å². The van der Waals surface area contributed by atoms with E-state index >= 15 is 0 Å². The summed E-state index contributed by atoms with van der Waals surface area (Å²) < 4.78 is 13.8. The summed E-state index contributed by atoms with van der Waals surface area (Å²) in [6.45, 7) is 0. The number of hydrogen-bond acceptors (Lipinski definition) is 3. The van der Waals surface area contributed by atoms with Gasteiger partial charge in [0.15, 0.2) is 0 Å². The maximum Gasteiger partial charge on any atom is 0.123 e. The van der Waals surface area contributed by atoms with E-state index in [1.807, 2.05) is 48.5 Å². The van der Waals surface area contributed by atoms with E-state index in [1.165, 1.54) is 6.07 Å². The molecule has 0 amide bonds. The lowest BCUT2D eigenvalue weighted by atomic mass is 10.0. The number of fused-ring (bicyclic) bond motifs is 2. The van der Waals surface area contributed by atoms with Crippen molar-refractivity contribution in [1.82, 2.24) is 25.1 Å². The van der Waals surface area contributed by atoms with Gasteiger partial charge in [-0.05, 0) is 53.6 Å². The molecule has 2 N–H and O–H groups in total. The van der Waals surface area contributed by atoms with E-state index in [2.05, 4.69) is 31.2 Å². The van der Waals surface area contributed by atoms with Crippen LogP contribution >= 0.6 is 0 Å². The van der Waals surface area contributed by atoms with E-state index in [0.29, 0.717) is 0 Å². The zero-order valence-corrected chi connectivity index (χ0v) is 16.3. The zero-order valence-electron chi connectivity index (χ0n) is 16.3. The summed E-state index contributed by atoms with van der Waals surface area (Å²) in [7, 11) is 0. The molecule has 0 saturated carbocycles. The van der Waals surface area contributed by atoms with Crippen molar-refractivity contribution in [3.63, 3.8) is 0 Å². The average Bonchev–Trinajstić information content (AvgIpc) is 3.43. The van der Waals surface area contributed by atoms with Gasteiger partial charge in [0.05, 0.1) is 28.8 Å². The average molecular weight is 405 g/mol. The van der Waals surface area contributed by atoms with Crippen LogP contribution in [-0.4, -0.2) is 25.1 Å². The molecule has 0 radical (unpaired) electrons. The number of pyridine rings is 2. The molecule has 31 heavy (non-hydrogen) atoms. The summed E-state index contributed by atoms with van der Waals surface area (Å²) >= 11 is 0. The quantitative estimate of drug-likeness (QED) is 0.381. The summed E-state index contributed by atoms with van der Waals surface area (Å²) in [5.41, 5.74) is 6.89. The Kier molecular flexibility index (Phi) is 3.89. The lowest BCUT2D eigenvalue weighted by Gasteiger charge is -2.03. The first-order valence-electron chi connectivity index (χ1n) is 9.90. The van der Waals surface area contributed by atoms with Crippen LogP contribution in [0.2, 0.25) is 0 Å². The molecular weight excluding hydrogens is 389 g/mol. The molecule has 4 heterocycles. The maximum absolute atomic E-state index is 13.8. The maximum atomic E-state index is 13.8. The normalized spacial score (nSPS) is 11.4. The number of hydrogen-bond donors (Lipinski definition) is 2. The van der Waals surface area contributed by atoms with Crippen molar-refractivity contribution in [2.75, 3.05) is 0 Å². The van der Waals surface area contributed by atoms with Crippen molar-refractivity contribution >= 4 is 21.8 Å². The van der Waals surface area contributed by atoms with Crippen LogP contribution in [0.4, 0.5) is 4.39 Å². The monoisotopic (exact) mass is 405 g/mol. The number of benzene rings is 2. The lowest BCUT2D eigenvalue weighted by molar-refractivity contribution is 0.628. The fraction of sp³-hybridized carbons (Fsp3) is 0. The second kappa shape index (κ2) is 6.88. The van der Waals surface area contributed by atoms with Crippen LogP contribution in [0.3, 0.4) is 0 Å². The highest BCUT2D eigenvalue weighted by atomic mass is 19.1. The molecule has 0 spiro atoms. The van der Waals surface area contributed by atoms with E-state index in [-0.39, 0.29) is 5.82 Å². The lowest BCUT2D eigenvalue weighted by Crippen LogP contribution is -1.86. The molecule has 4 aromatic heterocycles. The van der Waals surface area contributed by atoms with Crippen LogP contribution < -0.4 is 0 Å².